The zero-order chi connectivity index (χ0) is 50.8. The first kappa shape index (κ1) is 55.1. The second-order valence-corrected chi connectivity index (χ2v) is 20.0. The fraction of sp³-hybridized carbons (Fsp3) is 0.235. The number of aryl methyl sites for hydroxylation is 6. The van der Waals surface area contributed by atoms with Crippen LogP contribution in [-0.4, -0.2) is 0 Å². The quantitative estimate of drug-likeness (QED) is 0.120. The van der Waals surface area contributed by atoms with Crippen LogP contribution in [0, 0.1) is 47.5 Å². The maximum absolute atomic E-state index is 4.05. The lowest BCUT2D eigenvalue weighted by Gasteiger charge is -2.23. The average Bonchev–Trinajstić information content (AvgIpc) is 3.74. The molecule has 0 spiro atoms. The Morgan fingerprint density at radius 2 is 1.23 bits per heavy atom. The standard InChI is InChI=1S/C21H22.C17H24S.2C11H10.C8H12/c1-7-15-14(4)12-19-20(16(15)8-2)17-10-9-13(3)11-18(17)21(19,5)6;1-7-9-11-16-13(5)18-14(6)17(16)15(10-8-2)12(3)4;1-9-5-4-7-10-6-2-3-8-11(9)10;1-9-6-7-10-4-2-3-5-11(10)8-9;1-4-7-8(5-2)6-3/h7-12H,1-2H2,3-6H3;7,9-12H,1,8H2,2-6H3;2*2-8H,1H3;4-5,7H,1-2,6H2,3H3/b;11-9-,15-10-;;;8-7+. The molecule has 0 fully saturated rings. The molecule has 6 aromatic carbocycles. The van der Waals surface area contributed by atoms with E-state index in [1.54, 1.807) is 6.08 Å². The smallest absolute Gasteiger partial charge is 0.0159 e. The number of fused-ring (bicyclic) bond motifs is 5. The summed E-state index contributed by atoms with van der Waals surface area (Å²) >= 11 is 1.89. The van der Waals surface area contributed by atoms with Crippen LogP contribution in [0.2, 0.25) is 0 Å². The van der Waals surface area contributed by atoms with Crippen molar-refractivity contribution >= 4 is 56.7 Å². The summed E-state index contributed by atoms with van der Waals surface area (Å²) in [6.45, 7) is 45.5. The van der Waals surface area contributed by atoms with E-state index in [4.69, 9.17) is 0 Å². The fourth-order valence-electron chi connectivity index (χ4n) is 9.11. The number of allylic oxidation sites excluding steroid dienone is 8. The van der Waals surface area contributed by atoms with Gasteiger partial charge in [-0.05, 0) is 149 Å². The first-order valence-electron chi connectivity index (χ1n) is 24.5. The summed E-state index contributed by atoms with van der Waals surface area (Å²) in [7, 11) is 0. The molecule has 0 atom stereocenters. The Labute approximate surface area is 422 Å². The van der Waals surface area contributed by atoms with Gasteiger partial charge in [-0.1, -0.05) is 249 Å². The highest BCUT2D eigenvalue weighted by Gasteiger charge is 2.37. The van der Waals surface area contributed by atoms with Crippen LogP contribution in [0.15, 0.2) is 184 Å². The maximum Gasteiger partial charge on any atom is 0.0159 e. The largest absolute Gasteiger partial charge is 0.145 e. The number of hydrogen-bond acceptors (Lipinski definition) is 1. The Morgan fingerprint density at radius 3 is 1.81 bits per heavy atom. The van der Waals surface area contributed by atoms with E-state index < -0.39 is 0 Å². The van der Waals surface area contributed by atoms with Crippen LogP contribution in [0.4, 0.5) is 0 Å². The van der Waals surface area contributed by atoms with Crippen molar-refractivity contribution in [3.05, 3.63) is 250 Å². The third-order valence-corrected chi connectivity index (χ3v) is 13.8. The first-order chi connectivity index (χ1) is 33.0. The van der Waals surface area contributed by atoms with Gasteiger partial charge < -0.3 is 0 Å². The van der Waals surface area contributed by atoms with Gasteiger partial charge in [-0.25, -0.2) is 0 Å². The van der Waals surface area contributed by atoms with E-state index in [1.807, 2.05) is 47.8 Å². The van der Waals surface area contributed by atoms with Crippen molar-refractivity contribution in [1.29, 1.82) is 0 Å². The van der Waals surface area contributed by atoms with Crippen LogP contribution in [-0.2, 0) is 5.41 Å². The van der Waals surface area contributed by atoms with Gasteiger partial charge in [0.05, 0.1) is 0 Å². The van der Waals surface area contributed by atoms with E-state index in [-0.39, 0.29) is 5.41 Å². The Hall–Kier alpha value is -6.54. The van der Waals surface area contributed by atoms with Gasteiger partial charge in [-0.15, -0.1) is 11.3 Å². The van der Waals surface area contributed by atoms with Gasteiger partial charge in [-0.2, -0.15) is 0 Å². The number of rotatable bonds is 10. The highest BCUT2D eigenvalue weighted by Crippen LogP contribution is 2.52. The zero-order valence-electron chi connectivity index (χ0n) is 44.0. The molecule has 0 radical (unpaired) electrons. The summed E-state index contributed by atoms with van der Waals surface area (Å²) in [6, 6.07) is 38.9. The molecule has 1 aliphatic rings. The molecule has 69 heavy (non-hydrogen) atoms. The van der Waals surface area contributed by atoms with Gasteiger partial charge in [0.15, 0.2) is 0 Å². The topological polar surface area (TPSA) is 0 Å². The van der Waals surface area contributed by atoms with Gasteiger partial charge >= 0.3 is 0 Å². The van der Waals surface area contributed by atoms with Gasteiger partial charge in [0, 0.05) is 15.2 Å². The molecule has 1 aromatic heterocycles. The van der Waals surface area contributed by atoms with E-state index in [0.29, 0.717) is 5.92 Å². The number of hydrogen-bond donors (Lipinski definition) is 0. The van der Waals surface area contributed by atoms with Crippen LogP contribution in [0.5, 0.6) is 0 Å². The van der Waals surface area contributed by atoms with Crippen molar-refractivity contribution in [2.75, 3.05) is 0 Å². The summed E-state index contributed by atoms with van der Waals surface area (Å²) in [4.78, 5) is 2.81. The fourth-order valence-corrected chi connectivity index (χ4v) is 10.2. The predicted molar refractivity (Wildman–Crippen MR) is 316 cm³/mol. The lowest BCUT2D eigenvalue weighted by Crippen LogP contribution is -2.15. The minimum atomic E-state index is 0.0406. The zero-order valence-corrected chi connectivity index (χ0v) is 44.8. The predicted octanol–water partition coefficient (Wildman–Crippen LogP) is 20.9. The Bertz CT molecular complexity index is 2990. The van der Waals surface area contributed by atoms with Crippen molar-refractivity contribution in [3.63, 3.8) is 0 Å². The normalized spacial score (nSPS) is 12.2. The molecule has 0 bridgehead atoms. The third kappa shape index (κ3) is 13.8. The molecule has 356 valence electrons. The monoisotopic (exact) mass is 927 g/mol. The lowest BCUT2D eigenvalue weighted by molar-refractivity contribution is 0.659. The second-order valence-electron chi connectivity index (χ2n) is 18.5. The van der Waals surface area contributed by atoms with Crippen molar-refractivity contribution < 1.29 is 0 Å². The van der Waals surface area contributed by atoms with Crippen LogP contribution in [0.1, 0.15) is 120 Å². The lowest BCUT2D eigenvalue weighted by atomic mass is 9.80. The molecule has 0 nitrogen and oxygen atoms in total. The van der Waals surface area contributed by atoms with E-state index in [2.05, 4.69) is 237 Å². The molecule has 0 amide bonds. The Kier molecular flexibility index (Phi) is 21.0. The minimum absolute atomic E-state index is 0.0406. The third-order valence-electron chi connectivity index (χ3n) is 12.8. The second kappa shape index (κ2) is 26.3. The highest BCUT2D eigenvalue weighted by atomic mass is 32.1. The van der Waals surface area contributed by atoms with Crippen LogP contribution in [0.3, 0.4) is 0 Å². The van der Waals surface area contributed by atoms with Gasteiger partial charge in [0.25, 0.3) is 0 Å². The van der Waals surface area contributed by atoms with Crippen molar-refractivity contribution in [2.24, 2.45) is 5.92 Å². The Balaban J connectivity index is 0.000000196. The summed E-state index contributed by atoms with van der Waals surface area (Å²) in [5.74, 6) is 0.563. The average molecular weight is 927 g/mol. The van der Waals surface area contributed by atoms with Gasteiger partial charge in [0.2, 0.25) is 0 Å². The molecule has 0 saturated heterocycles. The highest BCUT2D eigenvalue weighted by molar-refractivity contribution is 7.12. The molecular formula is C68H78S. The number of benzene rings is 6. The van der Waals surface area contributed by atoms with Gasteiger partial charge in [0.1, 0.15) is 0 Å². The molecule has 7 aromatic rings. The Morgan fingerprint density at radius 1 is 0.609 bits per heavy atom. The summed E-state index contributed by atoms with van der Waals surface area (Å²) in [6.07, 6.45) is 20.1. The summed E-state index contributed by atoms with van der Waals surface area (Å²) < 4.78 is 0. The molecule has 0 unspecified atom stereocenters. The minimum Gasteiger partial charge on any atom is -0.145 e. The molecule has 1 aliphatic carbocycles. The van der Waals surface area contributed by atoms with E-state index >= 15 is 0 Å². The van der Waals surface area contributed by atoms with Crippen molar-refractivity contribution in [2.45, 2.75) is 101 Å². The summed E-state index contributed by atoms with van der Waals surface area (Å²) in [5.41, 5.74) is 18.7. The van der Waals surface area contributed by atoms with Crippen molar-refractivity contribution in [1.82, 2.24) is 0 Å². The number of thiophene rings is 1. The van der Waals surface area contributed by atoms with E-state index in [1.165, 1.54) is 109 Å². The molecule has 0 N–H and O–H groups in total. The molecule has 1 heteroatoms. The van der Waals surface area contributed by atoms with Crippen LogP contribution < -0.4 is 0 Å². The molecule has 1 heterocycles. The van der Waals surface area contributed by atoms with E-state index in [9.17, 15) is 0 Å². The SMILES string of the molecule is C=C/C=C(\C=C)CC.C=C/C=C\c1c(C)sc(C)c1/C(=C\CC)C(C)C.C=Cc1c(C)cc2c(c1C=C)-c1ccc(C)cc1C2(C)C.Cc1ccc2ccccc2c1.Cc1cccc2ccccc12. The first-order valence-corrected chi connectivity index (χ1v) is 25.3. The maximum atomic E-state index is 4.05. The van der Waals surface area contributed by atoms with E-state index in [0.717, 1.165) is 12.8 Å². The van der Waals surface area contributed by atoms with Crippen molar-refractivity contribution in [3.8, 4) is 11.1 Å². The van der Waals surface area contributed by atoms with Crippen LogP contribution in [0.25, 0.3) is 56.5 Å². The molecule has 0 aliphatic heterocycles. The summed E-state index contributed by atoms with van der Waals surface area (Å²) in [5, 5.41) is 5.33. The molecule has 8 rings (SSSR count). The van der Waals surface area contributed by atoms with Gasteiger partial charge in [-0.3, -0.25) is 0 Å². The molecule has 0 saturated carbocycles. The van der Waals surface area contributed by atoms with Crippen LogP contribution >= 0.6 is 11.3 Å². The molecular weight excluding hydrogens is 849 g/mol.